The van der Waals surface area contributed by atoms with Crippen molar-refractivity contribution < 1.29 is 4.39 Å². The minimum Gasteiger partial charge on any atom is -0.328 e. The lowest BCUT2D eigenvalue weighted by atomic mass is 10.0. The van der Waals surface area contributed by atoms with Crippen LogP contribution in [0.4, 0.5) is 4.39 Å². The fourth-order valence-corrected chi connectivity index (χ4v) is 1.39. The number of hydrogen-bond donors (Lipinski definition) is 1. The second kappa shape index (κ2) is 3.99. The van der Waals surface area contributed by atoms with Crippen LogP contribution < -0.4 is 5.56 Å². The van der Waals surface area contributed by atoms with E-state index in [4.69, 9.17) is 5.26 Å². The molecule has 0 aliphatic heterocycles. The zero-order valence-electron chi connectivity index (χ0n) is 8.20. The van der Waals surface area contributed by atoms with Crippen LogP contribution in [0.1, 0.15) is 5.56 Å². The highest BCUT2D eigenvalue weighted by Gasteiger charge is 2.06. The van der Waals surface area contributed by atoms with Gasteiger partial charge in [0.25, 0.3) is 0 Å². The summed E-state index contributed by atoms with van der Waals surface area (Å²) in [5.41, 5.74) is 0.965. The number of aromatic nitrogens is 1. The molecule has 0 unspecified atom stereocenters. The summed E-state index contributed by atoms with van der Waals surface area (Å²) >= 11 is 0. The van der Waals surface area contributed by atoms with Crippen molar-refractivity contribution in [2.24, 2.45) is 0 Å². The Kier molecular flexibility index (Phi) is 2.52. The van der Waals surface area contributed by atoms with Gasteiger partial charge < -0.3 is 4.98 Å². The topological polar surface area (TPSA) is 56.6 Å². The van der Waals surface area contributed by atoms with Crippen molar-refractivity contribution in [1.82, 2.24) is 4.98 Å². The van der Waals surface area contributed by atoms with E-state index in [2.05, 4.69) is 4.98 Å². The van der Waals surface area contributed by atoms with Gasteiger partial charge in [-0.05, 0) is 24.3 Å². The molecule has 2 rings (SSSR count). The predicted molar refractivity (Wildman–Crippen MR) is 57.2 cm³/mol. The minimum atomic E-state index is -0.425. The van der Waals surface area contributed by atoms with Crippen LogP contribution in [0.2, 0.25) is 0 Å². The first kappa shape index (κ1) is 10.1. The van der Waals surface area contributed by atoms with E-state index >= 15 is 0 Å². The molecule has 0 amide bonds. The third kappa shape index (κ3) is 1.84. The number of H-pyrrole nitrogens is 1. The maximum Gasteiger partial charge on any atom is 0.247 e. The standard InChI is InChI=1S/C12H7FN2O/c13-11-3-1-8(6-14)5-10(11)9-2-4-12(16)15-7-9/h1-5,7H,(H,15,16). The summed E-state index contributed by atoms with van der Waals surface area (Å²) in [6, 6.07) is 8.85. The molecule has 4 heteroatoms. The Morgan fingerprint density at radius 2 is 2.06 bits per heavy atom. The molecule has 1 aromatic carbocycles. The van der Waals surface area contributed by atoms with Crippen LogP contribution in [0.5, 0.6) is 0 Å². The van der Waals surface area contributed by atoms with Gasteiger partial charge in [-0.15, -0.1) is 0 Å². The van der Waals surface area contributed by atoms with E-state index in [9.17, 15) is 9.18 Å². The van der Waals surface area contributed by atoms with E-state index in [0.29, 0.717) is 16.7 Å². The van der Waals surface area contributed by atoms with Gasteiger partial charge in [0.15, 0.2) is 0 Å². The van der Waals surface area contributed by atoms with Gasteiger partial charge in [-0.25, -0.2) is 4.39 Å². The van der Waals surface area contributed by atoms with Crippen LogP contribution in [-0.2, 0) is 0 Å². The minimum absolute atomic E-state index is 0.249. The van der Waals surface area contributed by atoms with Crippen LogP contribution in [0.25, 0.3) is 11.1 Å². The van der Waals surface area contributed by atoms with Gasteiger partial charge in [-0.2, -0.15) is 5.26 Å². The highest BCUT2D eigenvalue weighted by Crippen LogP contribution is 2.22. The summed E-state index contributed by atoms with van der Waals surface area (Å²) in [5, 5.41) is 8.71. The number of rotatable bonds is 1. The maximum absolute atomic E-state index is 13.5. The van der Waals surface area contributed by atoms with Crippen LogP contribution in [0.15, 0.2) is 41.3 Å². The highest BCUT2D eigenvalue weighted by molar-refractivity contribution is 5.64. The molecular weight excluding hydrogens is 207 g/mol. The van der Waals surface area contributed by atoms with Crippen molar-refractivity contribution in [1.29, 1.82) is 5.26 Å². The van der Waals surface area contributed by atoms with E-state index in [1.165, 1.54) is 36.5 Å². The number of benzene rings is 1. The van der Waals surface area contributed by atoms with E-state index in [0.717, 1.165) is 0 Å². The maximum atomic E-state index is 13.5. The Labute approximate surface area is 90.8 Å². The molecule has 3 nitrogen and oxygen atoms in total. The molecule has 0 aliphatic rings. The van der Waals surface area contributed by atoms with Crippen LogP contribution in [-0.4, -0.2) is 4.98 Å². The number of pyridine rings is 1. The van der Waals surface area contributed by atoms with E-state index in [1.54, 1.807) is 0 Å². The second-order valence-electron chi connectivity index (χ2n) is 3.25. The molecular formula is C12H7FN2O. The van der Waals surface area contributed by atoms with Gasteiger partial charge in [0, 0.05) is 23.4 Å². The Morgan fingerprint density at radius 1 is 1.25 bits per heavy atom. The SMILES string of the molecule is N#Cc1ccc(F)c(-c2ccc(=O)[nH]c2)c1. The summed E-state index contributed by atoms with van der Waals surface area (Å²) in [6.07, 6.45) is 1.42. The van der Waals surface area contributed by atoms with Gasteiger partial charge in [0.1, 0.15) is 5.82 Å². The average Bonchev–Trinajstić information content (AvgIpc) is 2.31. The van der Waals surface area contributed by atoms with Crippen LogP contribution in [0, 0.1) is 17.1 Å². The van der Waals surface area contributed by atoms with Gasteiger partial charge in [0.2, 0.25) is 5.56 Å². The van der Waals surface area contributed by atoms with Gasteiger partial charge in [-0.3, -0.25) is 4.79 Å². The molecule has 78 valence electrons. The van der Waals surface area contributed by atoms with Crippen molar-refractivity contribution in [3.63, 3.8) is 0 Å². The first-order valence-corrected chi connectivity index (χ1v) is 4.59. The van der Waals surface area contributed by atoms with Gasteiger partial charge in [0.05, 0.1) is 11.6 Å². The number of nitrogens with one attached hydrogen (secondary N) is 1. The number of hydrogen-bond acceptors (Lipinski definition) is 2. The molecule has 1 heterocycles. The molecule has 1 aromatic heterocycles. The van der Waals surface area contributed by atoms with Crippen LogP contribution >= 0.6 is 0 Å². The number of aromatic amines is 1. The van der Waals surface area contributed by atoms with E-state index in [-0.39, 0.29) is 5.56 Å². The zero-order valence-corrected chi connectivity index (χ0v) is 8.20. The van der Waals surface area contributed by atoms with Crippen molar-refractivity contribution in [3.05, 3.63) is 58.3 Å². The largest absolute Gasteiger partial charge is 0.328 e. The zero-order chi connectivity index (χ0) is 11.5. The van der Waals surface area contributed by atoms with Gasteiger partial charge in [-0.1, -0.05) is 0 Å². The molecule has 2 aromatic rings. The van der Waals surface area contributed by atoms with Crippen LogP contribution in [0.3, 0.4) is 0 Å². The smallest absolute Gasteiger partial charge is 0.247 e. The lowest BCUT2D eigenvalue weighted by molar-refractivity contribution is 0.631. The first-order valence-electron chi connectivity index (χ1n) is 4.59. The summed E-state index contributed by atoms with van der Waals surface area (Å²) in [4.78, 5) is 13.3. The molecule has 0 radical (unpaired) electrons. The van der Waals surface area contributed by atoms with E-state index in [1.807, 2.05) is 6.07 Å². The number of nitriles is 1. The summed E-state index contributed by atoms with van der Waals surface area (Å²) in [6.45, 7) is 0. The summed E-state index contributed by atoms with van der Waals surface area (Å²) in [7, 11) is 0. The Morgan fingerprint density at radius 3 is 2.69 bits per heavy atom. The Bertz CT molecular complexity index is 605. The third-order valence-electron chi connectivity index (χ3n) is 2.19. The third-order valence-corrected chi connectivity index (χ3v) is 2.19. The summed E-state index contributed by atoms with van der Waals surface area (Å²) in [5.74, 6) is -0.425. The molecule has 0 atom stereocenters. The molecule has 0 bridgehead atoms. The lowest BCUT2D eigenvalue weighted by Crippen LogP contribution is -2.01. The quantitative estimate of drug-likeness (QED) is 0.789. The average molecular weight is 214 g/mol. The van der Waals surface area contributed by atoms with Crippen molar-refractivity contribution >= 4 is 0 Å². The molecule has 0 spiro atoms. The number of halogens is 1. The Hall–Kier alpha value is -2.41. The monoisotopic (exact) mass is 214 g/mol. The molecule has 0 saturated heterocycles. The highest BCUT2D eigenvalue weighted by atomic mass is 19.1. The van der Waals surface area contributed by atoms with E-state index < -0.39 is 5.82 Å². The fraction of sp³-hybridized carbons (Fsp3) is 0. The van der Waals surface area contributed by atoms with Crippen molar-refractivity contribution in [2.75, 3.05) is 0 Å². The van der Waals surface area contributed by atoms with Crippen molar-refractivity contribution in [2.45, 2.75) is 0 Å². The molecule has 0 fully saturated rings. The predicted octanol–water partition coefficient (Wildman–Crippen LogP) is 2.05. The Balaban J connectivity index is 2.59. The lowest BCUT2D eigenvalue weighted by Gasteiger charge is -2.02. The summed E-state index contributed by atoms with van der Waals surface area (Å²) < 4.78 is 13.5. The molecule has 0 aliphatic carbocycles. The first-order chi connectivity index (χ1) is 7.70. The molecule has 16 heavy (non-hydrogen) atoms. The fourth-order valence-electron chi connectivity index (χ4n) is 1.39. The second-order valence-corrected chi connectivity index (χ2v) is 3.25. The van der Waals surface area contributed by atoms with Crippen molar-refractivity contribution in [3.8, 4) is 17.2 Å². The number of nitrogens with zero attached hydrogens (tertiary/aromatic N) is 1. The molecule has 1 N–H and O–H groups in total. The van der Waals surface area contributed by atoms with Gasteiger partial charge >= 0.3 is 0 Å². The normalized spacial score (nSPS) is 9.75. The molecule has 0 saturated carbocycles.